The molecular weight excluding hydrogens is 915 g/mol. The van der Waals surface area contributed by atoms with Gasteiger partial charge in [0.2, 0.25) is 0 Å². The Morgan fingerprint density at radius 3 is 1.54 bits per heavy atom. The smallest absolute Gasteiger partial charge is 0.143 e. The van der Waals surface area contributed by atoms with Gasteiger partial charge in [-0.2, -0.15) is 0 Å². The Morgan fingerprint density at radius 1 is 0.311 bits per heavy atom. The van der Waals surface area contributed by atoms with Gasteiger partial charge in [-0.05, 0) is 121 Å². The number of anilines is 3. The van der Waals surface area contributed by atoms with Crippen molar-refractivity contribution in [2.45, 2.75) is 5.41 Å². The number of benzene rings is 12. The van der Waals surface area contributed by atoms with Crippen LogP contribution in [0, 0.1) is 0 Å². The lowest BCUT2D eigenvalue weighted by Crippen LogP contribution is -2.25. The first-order valence-electron chi connectivity index (χ1n) is 25.5. The number of rotatable bonds is 6. The number of hydrogen-bond acceptors (Lipinski definition) is 3. The fourth-order valence-electron chi connectivity index (χ4n) is 12.9. The molecule has 12 aromatic carbocycles. The van der Waals surface area contributed by atoms with Gasteiger partial charge in [0.05, 0.1) is 11.1 Å². The Morgan fingerprint density at radius 2 is 0.824 bits per heavy atom. The molecule has 0 fully saturated rings. The molecule has 2 aliphatic rings. The van der Waals surface area contributed by atoms with Crippen molar-refractivity contribution in [2.75, 3.05) is 4.90 Å². The van der Waals surface area contributed by atoms with E-state index in [1.54, 1.807) is 0 Å². The molecule has 0 aliphatic heterocycles. The third kappa shape index (κ3) is 5.81. The van der Waals surface area contributed by atoms with Crippen LogP contribution < -0.4 is 4.90 Å². The number of furan rings is 1. The molecule has 0 N–H and O–H groups in total. The molecule has 0 saturated heterocycles. The van der Waals surface area contributed by atoms with E-state index in [9.17, 15) is 0 Å². The van der Waals surface area contributed by atoms with E-state index in [0.717, 1.165) is 55.5 Å². The van der Waals surface area contributed by atoms with Crippen molar-refractivity contribution in [2.24, 2.45) is 0 Å². The highest BCUT2D eigenvalue weighted by Crippen LogP contribution is 2.63. The van der Waals surface area contributed by atoms with Crippen LogP contribution >= 0.6 is 11.3 Å². The van der Waals surface area contributed by atoms with Gasteiger partial charge in [-0.15, -0.1) is 11.3 Å². The van der Waals surface area contributed by atoms with Crippen LogP contribution in [0.4, 0.5) is 17.1 Å². The van der Waals surface area contributed by atoms with Gasteiger partial charge in [-0.1, -0.05) is 212 Å². The number of fused-ring (bicyclic) bond motifs is 18. The quantitative estimate of drug-likeness (QED) is 0.165. The first-order chi connectivity index (χ1) is 36.7. The standard InChI is InChI=1S/C71H43NOS/c1-2-16-50-45(15-1)35-42-60-59-24-14-23-58(69(59)73-68(50)60)56-20-6-11-29-66(56)72(49-39-33-46(34-40-49)51-22-13-25-61-57-21-7-12-30-67(57)74-70(51)61)48-37-31-44(32-38-48)47-36-41-55-54-19-5-10-28-64(54)71(65(55)43-47)62-26-8-3-17-52(62)53-18-4-9-27-63(53)71/h1-43H. The minimum Gasteiger partial charge on any atom is -0.455 e. The van der Waals surface area contributed by atoms with Crippen LogP contribution in [0.5, 0.6) is 0 Å². The molecule has 0 bridgehead atoms. The fraction of sp³-hybridized carbons (Fsp3) is 0.0141. The maximum Gasteiger partial charge on any atom is 0.143 e. The first-order valence-corrected chi connectivity index (χ1v) is 26.3. The van der Waals surface area contributed by atoms with Crippen LogP contribution in [0.1, 0.15) is 22.3 Å². The number of hydrogen-bond donors (Lipinski definition) is 0. The molecule has 0 saturated carbocycles. The summed E-state index contributed by atoms with van der Waals surface area (Å²) in [5.41, 5.74) is 22.2. The van der Waals surface area contributed by atoms with E-state index in [1.165, 1.54) is 92.3 Å². The van der Waals surface area contributed by atoms with Crippen LogP contribution in [0.2, 0.25) is 0 Å². The van der Waals surface area contributed by atoms with Gasteiger partial charge in [0.1, 0.15) is 11.2 Å². The number of thiophene rings is 1. The Balaban J connectivity index is 0.854. The zero-order valence-corrected chi connectivity index (χ0v) is 40.9. The maximum atomic E-state index is 6.99. The summed E-state index contributed by atoms with van der Waals surface area (Å²) in [4.78, 5) is 2.42. The molecule has 74 heavy (non-hydrogen) atoms. The lowest BCUT2D eigenvalue weighted by atomic mass is 9.70. The predicted molar refractivity (Wildman–Crippen MR) is 311 cm³/mol. The second-order valence-corrected chi connectivity index (χ2v) is 20.9. The molecular formula is C71H43NOS. The molecule has 2 nitrogen and oxygen atoms in total. The molecule has 2 aromatic heterocycles. The lowest BCUT2D eigenvalue weighted by Gasteiger charge is -2.30. The van der Waals surface area contributed by atoms with Gasteiger partial charge in [0.15, 0.2) is 0 Å². The molecule has 0 amide bonds. The third-order valence-electron chi connectivity index (χ3n) is 16.1. The zero-order chi connectivity index (χ0) is 48.5. The third-order valence-corrected chi connectivity index (χ3v) is 17.3. The highest BCUT2D eigenvalue weighted by molar-refractivity contribution is 7.26. The summed E-state index contributed by atoms with van der Waals surface area (Å²) in [6.07, 6.45) is 0. The SMILES string of the molecule is c1ccc(N(c2ccc(-c3ccc4c(c3)C3(c5ccccc5-c5ccccc53)c3ccccc3-4)cc2)c2ccc(-c3cccc4c3sc3ccccc34)cc2)c(-c2cccc3c2oc2c4ccccc4ccc32)c1. The van der Waals surface area contributed by atoms with Crippen LogP contribution in [0.15, 0.2) is 265 Å². The summed E-state index contributed by atoms with van der Waals surface area (Å²) in [5.74, 6) is 0. The number of para-hydroxylation sites is 2. The van der Waals surface area contributed by atoms with E-state index in [1.807, 2.05) is 11.3 Å². The minimum absolute atomic E-state index is 0.403. The fourth-order valence-corrected chi connectivity index (χ4v) is 14.1. The van der Waals surface area contributed by atoms with Crippen LogP contribution in [-0.4, -0.2) is 0 Å². The van der Waals surface area contributed by atoms with Crippen LogP contribution in [0.3, 0.4) is 0 Å². The maximum absolute atomic E-state index is 6.99. The Bertz CT molecular complexity index is 4550. The monoisotopic (exact) mass is 957 g/mol. The Labute approximate surface area is 432 Å². The van der Waals surface area contributed by atoms with Gasteiger partial charge in [0.25, 0.3) is 0 Å². The van der Waals surface area contributed by atoms with E-state index in [2.05, 4.69) is 266 Å². The van der Waals surface area contributed by atoms with E-state index < -0.39 is 5.41 Å². The Hall–Kier alpha value is -9.28. The molecule has 1 spiro atoms. The molecule has 3 heteroatoms. The van der Waals surface area contributed by atoms with Crippen molar-refractivity contribution < 1.29 is 4.42 Å². The van der Waals surface area contributed by atoms with Crippen LogP contribution in [-0.2, 0) is 5.41 Å². The summed E-state index contributed by atoms with van der Waals surface area (Å²) in [6, 6.07) is 96.4. The highest BCUT2D eigenvalue weighted by Gasteiger charge is 2.51. The second kappa shape index (κ2) is 15.9. The summed E-state index contributed by atoms with van der Waals surface area (Å²) in [7, 11) is 0. The van der Waals surface area contributed by atoms with Crippen molar-refractivity contribution in [1.29, 1.82) is 0 Å². The summed E-state index contributed by atoms with van der Waals surface area (Å²) < 4.78 is 9.62. The average Bonchev–Trinajstić information content (AvgIpc) is 4.26. The zero-order valence-electron chi connectivity index (χ0n) is 40.1. The first kappa shape index (κ1) is 41.3. The molecule has 16 rings (SSSR count). The van der Waals surface area contributed by atoms with Crippen molar-refractivity contribution in [3.63, 3.8) is 0 Å². The second-order valence-electron chi connectivity index (χ2n) is 19.8. The van der Waals surface area contributed by atoms with Gasteiger partial charge < -0.3 is 9.32 Å². The molecule has 0 unspecified atom stereocenters. The average molecular weight is 958 g/mol. The summed E-state index contributed by atoms with van der Waals surface area (Å²) in [6.45, 7) is 0. The van der Waals surface area contributed by atoms with Crippen LogP contribution in [0.25, 0.3) is 109 Å². The highest BCUT2D eigenvalue weighted by atomic mass is 32.1. The Kier molecular flexibility index (Phi) is 8.86. The van der Waals surface area contributed by atoms with Crippen molar-refractivity contribution in [3.05, 3.63) is 283 Å². The van der Waals surface area contributed by atoms with Crippen molar-refractivity contribution in [3.8, 4) is 55.6 Å². The molecule has 2 heterocycles. The molecule has 0 atom stereocenters. The molecule has 14 aromatic rings. The minimum atomic E-state index is -0.403. The summed E-state index contributed by atoms with van der Waals surface area (Å²) >= 11 is 1.87. The molecule has 0 radical (unpaired) electrons. The van der Waals surface area contributed by atoms with E-state index in [4.69, 9.17) is 4.42 Å². The van der Waals surface area contributed by atoms with E-state index in [0.29, 0.717) is 0 Å². The lowest BCUT2D eigenvalue weighted by molar-refractivity contribution is 0.674. The van der Waals surface area contributed by atoms with E-state index in [-0.39, 0.29) is 0 Å². The van der Waals surface area contributed by atoms with Gasteiger partial charge in [-0.25, -0.2) is 0 Å². The van der Waals surface area contributed by atoms with Crippen molar-refractivity contribution in [1.82, 2.24) is 0 Å². The largest absolute Gasteiger partial charge is 0.455 e. The van der Waals surface area contributed by atoms with E-state index >= 15 is 0 Å². The predicted octanol–water partition coefficient (Wildman–Crippen LogP) is 19.9. The molecule has 344 valence electrons. The van der Waals surface area contributed by atoms with Crippen molar-refractivity contribution >= 4 is 81.3 Å². The number of nitrogens with zero attached hydrogens (tertiary/aromatic N) is 1. The normalized spacial score (nSPS) is 13.0. The van der Waals surface area contributed by atoms with Gasteiger partial charge in [0, 0.05) is 58.8 Å². The molecule has 2 aliphatic carbocycles. The van der Waals surface area contributed by atoms with Gasteiger partial charge >= 0.3 is 0 Å². The summed E-state index contributed by atoms with van der Waals surface area (Å²) in [5, 5.41) is 7.13. The topological polar surface area (TPSA) is 16.4 Å². The van der Waals surface area contributed by atoms with Gasteiger partial charge in [-0.3, -0.25) is 0 Å².